The van der Waals surface area contributed by atoms with Crippen LogP contribution in [0.5, 0.6) is 0 Å². The van der Waals surface area contributed by atoms with E-state index in [0.717, 1.165) is 5.56 Å². The van der Waals surface area contributed by atoms with Gasteiger partial charge >= 0.3 is 5.97 Å². The third-order valence-corrected chi connectivity index (χ3v) is 3.15. The number of carboxylic acids is 1. The van der Waals surface area contributed by atoms with Crippen molar-refractivity contribution in [1.29, 1.82) is 0 Å². The smallest absolute Gasteiger partial charge is 0.329 e. The van der Waals surface area contributed by atoms with Crippen molar-refractivity contribution in [2.75, 3.05) is 0 Å². The summed E-state index contributed by atoms with van der Waals surface area (Å²) in [6, 6.07) is 5.89. The number of hydrogen-bond donors (Lipinski definition) is 2. The van der Waals surface area contributed by atoms with Gasteiger partial charge in [0.2, 0.25) is 5.91 Å². The van der Waals surface area contributed by atoms with Gasteiger partial charge in [-0.2, -0.15) is 0 Å². The summed E-state index contributed by atoms with van der Waals surface area (Å²) in [4.78, 5) is 22.8. The van der Waals surface area contributed by atoms with Crippen molar-refractivity contribution >= 4 is 11.9 Å². The van der Waals surface area contributed by atoms with Gasteiger partial charge in [-0.3, -0.25) is 4.79 Å². The topological polar surface area (TPSA) is 66.4 Å². The lowest BCUT2D eigenvalue weighted by Crippen LogP contribution is -2.51. The van der Waals surface area contributed by atoms with Crippen LogP contribution in [0.3, 0.4) is 0 Å². The van der Waals surface area contributed by atoms with Crippen molar-refractivity contribution in [3.05, 3.63) is 35.6 Å². The molecule has 0 fully saturated rings. The zero-order valence-corrected chi connectivity index (χ0v) is 11.1. The Morgan fingerprint density at radius 2 is 1.89 bits per heavy atom. The number of carboxylic acid groups (broad SMARTS) is 1. The fourth-order valence-electron chi connectivity index (χ4n) is 1.57. The molecule has 5 heteroatoms. The highest BCUT2D eigenvalue weighted by atomic mass is 19.1. The zero-order valence-electron chi connectivity index (χ0n) is 11.1. The third-order valence-electron chi connectivity index (χ3n) is 3.15. The van der Waals surface area contributed by atoms with Crippen LogP contribution in [0.1, 0.15) is 32.3 Å². The van der Waals surface area contributed by atoms with E-state index in [0.29, 0.717) is 12.8 Å². The van der Waals surface area contributed by atoms with Crippen molar-refractivity contribution < 1.29 is 19.1 Å². The van der Waals surface area contributed by atoms with E-state index in [1.165, 1.54) is 19.1 Å². The van der Waals surface area contributed by atoms with E-state index in [1.54, 1.807) is 19.1 Å². The molecule has 0 aliphatic heterocycles. The normalized spacial score (nSPS) is 13.6. The number of halogens is 1. The molecule has 1 aromatic rings. The Morgan fingerprint density at radius 3 is 2.37 bits per heavy atom. The second-order valence-corrected chi connectivity index (χ2v) is 4.67. The molecule has 0 bridgehead atoms. The molecule has 4 nitrogen and oxygen atoms in total. The molecular formula is C14H18FNO3. The maximum atomic E-state index is 12.7. The first-order chi connectivity index (χ1) is 8.87. The summed E-state index contributed by atoms with van der Waals surface area (Å²) >= 11 is 0. The highest BCUT2D eigenvalue weighted by Crippen LogP contribution is 2.11. The molecule has 1 unspecified atom stereocenters. The lowest BCUT2D eigenvalue weighted by atomic mass is 9.98. The average Bonchev–Trinajstić information content (AvgIpc) is 2.37. The molecule has 0 heterocycles. The number of hydrogen-bond acceptors (Lipinski definition) is 2. The Labute approximate surface area is 111 Å². The Hall–Kier alpha value is -1.91. The van der Waals surface area contributed by atoms with Crippen LogP contribution in [0.4, 0.5) is 4.39 Å². The minimum Gasteiger partial charge on any atom is -0.480 e. The minimum absolute atomic E-state index is 0.175. The molecule has 19 heavy (non-hydrogen) atoms. The highest BCUT2D eigenvalue weighted by Gasteiger charge is 2.32. The number of aryl methyl sites for hydroxylation is 1. The van der Waals surface area contributed by atoms with Crippen LogP contribution in [-0.2, 0) is 16.0 Å². The highest BCUT2D eigenvalue weighted by molar-refractivity contribution is 5.86. The molecule has 104 valence electrons. The van der Waals surface area contributed by atoms with E-state index in [2.05, 4.69) is 5.32 Å². The Morgan fingerprint density at radius 1 is 1.32 bits per heavy atom. The molecule has 0 aliphatic rings. The van der Waals surface area contributed by atoms with Gasteiger partial charge in [0.25, 0.3) is 0 Å². The first-order valence-corrected chi connectivity index (χ1v) is 6.16. The van der Waals surface area contributed by atoms with Crippen LogP contribution >= 0.6 is 0 Å². The average molecular weight is 267 g/mol. The van der Waals surface area contributed by atoms with Crippen LogP contribution in [0.2, 0.25) is 0 Å². The molecule has 1 amide bonds. The van der Waals surface area contributed by atoms with Gasteiger partial charge < -0.3 is 10.4 Å². The standard InChI is InChI=1S/C14H18FNO3/c1-3-14(2,13(18)19)16-12(17)9-6-10-4-7-11(15)8-5-10/h4-5,7-8H,3,6,9H2,1-2H3,(H,16,17)(H,18,19). The van der Waals surface area contributed by atoms with Gasteiger partial charge in [-0.15, -0.1) is 0 Å². The van der Waals surface area contributed by atoms with Crippen molar-refractivity contribution in [3.8, 4) is 0 Å². The first-order valence-electron chi connectivity index (χ1n) is 6.16. The molecule has 0 aromatic heterocycles. The van der Waals surface area contributed by atoms with Crippen molar-refractivity contribution in [2.24, 2.45) is 0 Å². The van der Waals surface area contributed by atoms with Gasteiger partial charge in [-0.05, 0) is 37.5 Å². The predicted molar refractivity (Wildman–Crippen MR) is 69.2 cm³/mol. The maximum absolute atomic E-state index is 12.7. The predicted octanol–water partition coefficient (Wildman–Crippen LogP) is 2.13. The van der Waals surface area contributed by atoms with E-state index in [9.17, 15) is 14.0 Å². The van der Waals surface area contributed by atoms with E-state index in [4.69, 9.17) is 5.11 Å². The summed E-state index contributed by atoms with van der Waals surface area (Å²) in [6.45, 7) is 3.18. The second kappa shape index (κ2) is 6.31. The molecule has 0 saturated heterocycles. The van der Waals surface area contributed by atoms with Gasteiger partial charge in [0.1, 0.15) is 11.4 Å². The second-order valence-electron chi connectivity index (χ2n) is 4.67. The molecule has 0 spiro atoms. The molecule has 0 saturated carbocycles. The quantitative estimate of drug-likeness (QED) is 0.829. The van der Waals surface area contributed by atoms with Gasteiger partial charge in [-0.25, -0.2) is 9.18 Å². The van der Waals surface area contributed by atoms with Gasteiger partial charge in [0, 0.05) is 6.42 Å². The van der Waals surface area contributed by atoms with Crippen LogP contribution in [0, 0.1) is 5.82 Å². The summed E-state index contributed by atoms with van der Waals surface area (Å²) in [5.74, 6) is -1.70. The van der Waals surface area contributed by atoms with Crippen molar-refractivity contribution in [3.63, 3.8) is 0 Å². The lowest BCUT2D eigenvalue weighted by molar-refractivity contribution is -0.147. The number of benzene rings is 1. The van der Waals surface area contributed by atoms with Crippen LogP contribution < -0.4 is 5.32 Å². The number of carbonyl (C=O) groups is 2. The van der Waals surface area contributed by atoms with Gasteiger partial charge in [-0.1, -0.05) is 19.1 Å². The van der Waals surface area contributed by atoms with Crippen molar-refractivity contribution in [1.82, 2.24) is 5.32 Å². The Bertz CT molecular complexity index is 458. The number of nitrogens with one attached hydrogen (secondary N) is 1. The Kier molecular flexibility index (Phi) is 5.03. The van der Waals surface area contributed by atoms with Gasteiger partial charge in [0.05, 0.1) is 0 Å². The number of amides is 1. The molecular weight excluding hydrogens is 249 g/mol. The SMILES string of the molecule is CCC(C)(NC(=O)CCc1ccc(F)cc1)C(=O)O. The van der Waals surface area contributed by atoms with Crippen LogP contribution in [0.15, 0.2) is 24.3 Å². The molecule has 0 aliphatic carbocycles. The monoisotopic (exact) mass is 267 g/mol. The number of aliphatic carboxylic acids is 1. The minimum atomic E-state index is -1.24. The van der Waals surface area contributed by atoms with E-state index in [-0.39, 0.29) is 18.1 Å². The third kappa shape index (κ3) is 4.35. The number of carbonyl (C=O) groups excluding carboxylic acids is 1. The summed E-state index contributed by atoms with van der Waals surface area (Å²) < 4.78 is 12.7. The largest absolute Gasteiger partial charge is 0.480 e. The molecule has 1 aromatic carbocycles. The molecule has 1 rings (SSSR count). The Balaban J connectivity index is 2.52. The van der Waals surface area contributed by atoms with E-state index < -0.39 is 11.5 Å². The van der Waals surface area contributed by atoms with E-state index >= 15 is 0 Å². The summed E-state index contributed by atoms with van der Waals surface area (Å²) in [7, 11) is 0. The maximum Gasteiger partial charge on any atom is 0.329 e. The molecule has 0 radical (unpaired) electrons. The lowest BCUT2D eigenvalue weighted by Gasteiger charge is -2.24. The summed E-state index contributed by atoms with van der Waals surface area (Å²) in [6.07, 6.45) is 0.935. The van der Waals surface area contributed by atoms with E-state index in [1.807, 2.05) is 0 Å². The first kappa shape index (κ1) is 15.1. The molecule has 1 atom stereocenters. The fraction of sp³-hybridized carbons (Fsp3) is 0.429. The van der Waals surface area contributed by atoms with Gasteiger partial charge in [0.15, 0.2) is 0 Å². The van der Waals surface area contributed by atoms with Crippen LogP contribution in [0.25, 0.3) is 0 Å². The zero-order chi connectivity index (χ0) is 14.5. The molecule has 2 N–H and O–H groups in total. The van der Waals surface area contributed by atoms with Crippen LogP contribution in [-0.4, -0.2) is 22.5 Å². The van der Waals surface area contributed by atoms with Crippen molar-refractivity contribution in [2.45, 2.75) is 38.6 Å². The fourth-order valence-corrected chi connectivity index (χ4v) is 1.57. The summed E-state index contributed by atoms with van der Waals surface area (Å²) in [5, 5.41) is 11.6. The number of rotatable bonds is 6. The summed E-state index contributed by atoms with van der Waals surface area (Å²) in [5.41, 5.74) is -0.398.